The fourth-order valence-electron chi connectivity index (χ4n) is 8.36. The Bertz CT molecular complexity index is 1890. The lowest BCUT2D eigenvalue weighted by molar-refractivity contribution is 0.466. The number of hydrogen-bond donors (Lipinski definition) is 0. The first-order valence-corrected chi connectivity index (χ1v) is 16.5. The van der Waals surface area contributed by atoms with Crippen LogP contribution in [0.5, 0.6) is 23.0 Å². The maximum atomic E-state index is 6.96. The Balaban J connectivity index is 1.56. The molecule has 0 aromatic heterocycles. The predicted octanol–water partition coefficient (Wildman–Crippen LogP) is 11.5. The van der Waals surface area contributed by atoms with E-state index >= 15 is 0 Å². The second-order valence-electron chi connectivity index (χ2n) is 14.0. The summed E-state index contributed by atoms with van der Waals surface area (Å²) in [6, 6.07) is 0. The van der Waals surface area contributed by atoms with Gasteiger partial charge in [0.1, 0.15) is 0 Å². The van der Waals surface area contributed by atoms with Crippen LogP contribution in [0.4, 0.5) is 34.1 Å². The molecule has 0 saturated heterocycles. The molecule has 0 radical (unpaired) electrons. The Morgan fingerprint density at radius 1 is 0.326 bits per heavy atom. The molecule has 0 N–H and O–H groups in total. The lowest BCUT2D eigenvalue weighted by Gasteiger charge is -2.39. The maximum absolute atomic E-state index is 6.96. The molecule has 5 nitrogen and oxygen atoms in total. The summed E-state index contributed by atoms with van der Waals surface area (Å²) >= 11 is 0. The molecule has 0 fully saturated rings. The van der Waals surface area contributed by atoms with Gasteiger partial charge in [-0.3, -0.25) is 0 Å². The minimum Gasteiger partial charge on any atom is -0.452 e. The molecule has 242 valence electrons. The number of ether oxygens (including phenoxy) is 2. The van der Waals surface area contributed by atoms with Crippen LogP contribution in [0.15, 0.2) is 0 Å². The van der Waals surface area contributed by atoms with Crippen molar-refractivity contribution in [2.75, 3.05) is 35.8 Å². The third kappa shape index (κ3) is 3.93. The lowest BCUT2D eigenvalue weighted by atomic mass is 9.91. The smallest absolute Gasteiger partial charge is 0.156 e. The van der Waals surface area contributed by atoms with E-state index in [1.54, 1.807) is 0 Å². The summed E-state index contributed by atoms with van der Waals surface area (Å²) in [4.78, 5) is 7.10. The molecule has 0 atom stereocenters. The van der Waals surface area contributed by atoms with E-state index in [2.05, 4.69) is 133 Å². The molecular formula is C41H51N3O2. The number of anilines is 6. The molecular weight excluding hydrogens is 566 g/mol. The van der Waals surface area contributed by atoms with Crippen LogP contribution in [0.3, 0.4) is 0 Å². The van der Waals surface area contributed by atoms with Crippen molar-refractivity contribution in [3.05, 3.63) is 77.9 Å². The van der Waals surface area contributed by atoms with Crippen LogP contribution in [0.1, 0.15) is 77.9 Å². The van der Waals surface area contributed by atoms with Gasteiger partial charge in [0, 0.05) is 32.3 Å². The van der Waals surface area contributed by atoms with Gasteiger partial charge in [-0.05, 0) is 164 Å². The zero-order valence-electron chi connectivity index (χ0n) is 31.2. The Kier molecular flexibility index (Phi) is 7.23. The molecule has 0 amide bonds. The van der Waals surface area contributed by atoms with Gasteiger partial charge in [-0.2, -0.15) is 0 Å². The molecule has 46 heavy (non-hydrogen) atoms. The highest BCUT2D eigenvalue weighted by Crippen LogP contribution is 2.58. The second kappa shape index (κ2) is 10.4. The van der Waals surface area contributed by atoms with E-state index < -0.39 is 0 Å². The van der Waals surface area contributed by atoms with Crippen LogP contribution in [-0.2, 0) is 0 Å². The zero-order valence-corrected chi connectivity index (χ0v) is 31.2. The van der Waals surface area contributed by atoms with Crippen molar-refractivity contribution in [1.82, 2.24) is 0 Å². The van der Waals surface area contributed by atoms with Crippen LogP contribution < -0.4 is 24.2 Å². The highest BCUT2D eigenvalue weighted by Gasteiger charge is 2.36. The van der Waals surface area contributed by atoms with Crippen molar-refractivity contribution in [2.45, 2.75) is 96.9 Å². The Labute approximate surface area is 276 Å². The van der Waals surface area contributed by atoms with E-state index in [9.17, 15) is 0 Å². The summed E-state index contributed by atoms with van der Waals surface area (Å²) < 4.78 is 13.9. The fourth-order valence-corrected chi connectivity index (χ4v) is 8.36. The number of benzene rings is 4. The topological polar surface area (TPSA) is 28.2 Å². The molecule has 4 aromatic carbocycles. The number of nitrogens with zero attached hydrogens (tertiary/aromatic N) is 3. The molecule has 0 unspecified atom stereocenters. The van der Waals surface area contributed by atoms with Gasteiger partial charge in [-0.25, -0.2) is 0 Å². The van der Waals surface area contributed by atoms with Crippen LogP contribution in [-0.4, -0.2) is 21.1 Å². The Morgan fingerprint density at radius 2 is 0.565 bits per heavy atom. The van der Waals surface area contributed by atoms with Gasteiger partial charge in [-0.1, -0.05) is 0 Å². The predicted molar refractivity (Wildman–Crippen MR) is 196 cm³/mol. The minimum absolute atomic E-state index is 0.942. The van der Waals surface area contributed by atoms with Crippen molar-refractivity contribution in [3.63, 3.8) is 0 Å². The number of hydrogen-bond acceptors (Lipinski definition) is 5. The lowest BCUT2D eigenvalue weighted by Crippen LogP contribution is -2.24. The molecule has 0 saturated carbocycles. The highest BCUT2D eigenvalue weighted by atomic mass is 16.5. The molecule has 0 spiro atoms. The van der Waals surface area contributed by atoms with E-state index in [1.807, 2.05) is 0 Å². The number of rotatable bonds is 2. The third-order valence-corrected chi connectivity index (χ3v) is 12.0. The van der Waals surface area contributed by atoms with E-state index in [0.29, 0.717) is 0 Å². The molecule has 0 bridgehead atoms. The quantitative estimate of drug-likeness (QED) is 0.223. The average molecular weight is 618 g/mol. The molecule has 2 aliphatic rings. The van der Waals surface area contributed by atoms with Gasteiger partial charge in [0.2, 0.25) is 0 Å². The van der Waals surface area contributed by atoms with E-state index in [4.69, 9.17) is 9.47 Å². The van der Waals surface area contributed by atoms with Gasteiger partial charge in [0.15, 0.2) is 23.0 Å². The summed E-state index contributed by atoms with van der Waals surface area (Å²) in [6.07, 6.45) is 0. The fraction of sp³-hybridized carbons (Fsp3) is 0.415. The molecule has 6 rings (SSSR count). The molecule has 2 aliphatic heterocycles. The normalized spacial score (nSPS) is 13.2. The summed E-state index contributed by atoms with van der Waals surface area (Å²) in [6.45, 7) is 31.1. The van der Waals surface area contributed by atoms with Crippen molar-refractivity contribution in [1.29, 1.82) is 0 Å². The van der Waals surface area contributed by atoms with Crippen molar-refractivity contribution in [2.24, 2.45) is 0 Å². The van der Waals surface area contributed by atoms with Crippen LogP contribution in [0.25, 0.3) is 0 Å². The Morgan fingerprint density at radius 3 is 0.870 bits per heavy atom. The first kappa shape index (κ1) is 31.8. The standard InChI is InChI=1S/C41H51N3O2/c1-18-20(3)28(11)38-34(22(18)5)43(16)36-26(9)24(7)32(30(13)40(36)45-38)42(15)33-25(8)27(10)37-41(31(33)14)46-39-29(12)21(4)19(2)23(6)35(39)44(37)17/h1-17H3. The van der Waals surface area contributed by atoms with E-state index in [-0.39, 0.29) is 0 Å². The van der Waals surface area contributed by atoms with Crippen molar-refractivity contribution < 1.29 is 9.47 Å². The molecule has 5 heteroatoms. The SMILES string of the molecule is Cc1c(C)c(C)c2c(c1C)Oc1c(C)c(N(C)c3c(C)c(C)c4c(c3C)Oc3c(C)c(C)c(C)c(C)c3N4C)c(C)c(C)c1N2C. The second-order valence-corrected chi connectivity index (χ2v) is 14.0. The van der Waals surface area contributed by atoms with Gasteiger partial charge < -0.3 is 24.2 Å². The molecule has 0 aliphatic carbocycles. The van der Waals surface area contributed by atoms with Crippen molar-refractivity contribution in [3.8, 4) is 23.0 Å². The average Bonchev–Trinajstić information content (AvgIpc) is 3.01. The summed E-state index contributed by atoms with van der Waals surface area (Å²) in [5.41, 5.74) is 24.5. The van der Waals surface area contributed by atoms with Gasteiger partial charge in [0.25, 0.3) is 0 Å². The van der Waals surface area contributed by atoms with Crippen LogP contribution >= 0.6 is 0 Å². The van der Waals surface area contributed by atoms with Gasteiger partial charge in [-0.15, -0.1) is 0 Å². The van der Waals surface area contributed by atoms with Crippen molar-refractivity contribution >= 4 is 34.1 Å². The van der Waals surface area contributed by atoms with E-state index in [1.165, 1.54) is 89.5 Å². The summed E-state index contributed by atoms with van der Waals surface area (Å²) in [5.74, 6) is 3.83. The van der Waals surface area contributed by atoms with E-state index in [0.717, 1.165) is 45.5 Å². The largest absolute Gasteiger partial charge is 0.452 e. The van der Waals surface area contributed by atoms with Crippen LogP contribution in [0.2, 0.25) is 0 Å². The van der Waals surface area contributed by atoms with Gasteiger partial charge >= 0.3 is 0 Å². The summed E-state index contributed by atoms with van der Waals surface area (Å²) in [5, 5.41) is 0. The van der Waals surface area contributed by atoms with Crippen LogP contribution in [0, 0.1) is 96.9 Å². The monoisotopic (exact) mass is 617 g/mol. The zero-order chi connectivity index (χ0) is 34.0. The summed E-state index contributed by atoms with van der Waals surface area (Å²) in [7, 11) is 6.59. The van der Waals surface area contributed by atoms with Gasteiger partial charge in [0.05, 0.1) is 34.1 Å². The first-order valence-electron chi connectivity index (χ1n) is 16.5. The number of fused-ring (bicyclic) bond motifs is 4. The minimum atomic E-state index is 0.942. The molecule has 4 aromatic rings. The first-order chi connectivity index (χ1) is 21.4. The maximum Gasteiger partial charge on any atom is 0.156 e. The third-order valence-electron chi connectivity index (χ3n) is 12.0. The molecule has 2 heterocycles. The Hall–Kier alpha value is -4.12. The highest BCUT2D eigenvalue weighted by molar-refractivity contribution is 5.93.